The van der Waals surface area contributed by atoms with Crippen molar-refractivity contribution >= 4 is 11.6 Å². The maximum atomic E-state index is 13.3. The monoisotopic (exact) mass is 265 g/mol. The maximum absolute atomic E-state index is 13.3. The van der Waals surface area contributed by atoms with E-state index in [0.717, 1.165) is 12.1 Å². The van der Waals surface area contributed by atoms with Crippen molar-refractivity contribution in [2.24, 2.45) is 0 Å². The van der Waals surface area contributed by atoms with Crippen LogP contribution in [0.5, 0.6) is 0 Å². The number of halogens is 1. The standard InChI is InChI=1S/C12H12FN3O3/c13-10-8-9(4-5-11(10)16(18)19)12(17)15-7-3-1-2-6-14/h4-5,8H,1-3,7H2,(H,15,17). The van der Waals surface area contributed by atoms with Crippen molar-refractivity contribution in [2.75, 3.05) is 6.54 Å². The molecule has 0 heterocycles. The van der Waals surface area contributed by atoms with Gasteiger partial charge in [0.1, 0.15) is 0 Å². The predicted octanol–water partition coefficient (Wildman–Crippen LogP) is 2.16. The van der Waals surface area contributed by atoms with Gasteiger partial charge in [0, 0.05) is 24.6 Å². The molecular formula is C12H12FN3O3. The van der Waals surface area contributed by atoms with Crippen molar-refractivity contribution in [3.05, 3.63) is 39.7 Å². The average molecular weight is 265 g/mol. The van der Waals surface area contributed by atoms with E-state index in [9.17, 15) is 19.3 Å². The molecule has 100 valence electrons. The van der Waals surface area contributed by atoms with Crippen molar-refractivity contribution in [2.45, 2.75) is 19.3 Å². The van der Waals surface area contributed by atoms with Gasteiger partial charge in [-0.25, -0.2) is 0 Å². The van der Waals surface area contributed by atoms with Crippen LogP contribution in [0.1, 0.15) is 29.6 Å². The van der Waals surface area contributed by atoms with Gasteiger partial charge < -0.3 is 5.32 Å². The van der Waals surface area contributed by atoms with Gasteiger partial charge in [-0.05, 0) is 25.0 Å². The fourth-order valence-electron chi connectivity index (χ4n) is 1.43. The highest BCUT2D eigenvalue weighted by Crippen LogP contribution is 2.17. The number of benzene rings is 1. The Morgan fingerprint density at radius 1 is 1.47 bits per heavy atom. The van der Waals surface area contributed by atoms with Crippen LogP contribution >= 0.6 is 0 Å². The molecule has 0 radical (unpaired) electrons. The second-order valence-electron chi connectivity index (χ2n) is 3.79. The van der Waals surface area contributed by atoms with Gasteiger partial charge in [-0.2, -0.15) is 9.65 Å². The molecule has 0 saturated carbocycles. The van der Waals surface area contributed by atoms with Gasteiger partial charge in [0.25, 0.3) is 5.91 Å². The van der Waals surface area contributed by atoms with Crippen LogP contribution < -0.4 is 5.32 Å². The Labute approximate surface area is 109 Å². The molecule has 0 fully saturated rings. The van der Waals surface area contributed by atoms with Crippen LogP contribution in [0.4, 0.5) is 10.1 Å². The summed E-state index contributed by atoms with van der Waals surface area (Å²) >= 11 is 0. The Bertz CT molecular complexity index is 525. The zero-order valence-electron chi connectivity index (χ0n) is 10.1. The summed E-state index contributed by atoms with van der Waals surface area (Å²) < 4.78 is 13.3. The first-order valence-electron chi connectivity index (χ1n) is 5.65. The molecule has 0 saturated heterocycles. The van der Waals surface area contributed by atoms with E-state index in [1.54, 1.807) is 0 Å². The molecule has 0 atom stereocenters. The van der Waals surface area contributed by atoms with Crippen molar-refractivity contribution in [3.63, 3.8) is 0 Å². The number of carbonyl (C=O) groups is 1. The van der Waals surface area contributed by atoms with Gasteiger partial charge in [-0.15, -0.1) is 0 Å². The number of hydrogen-bond acceptors (Lipinski definition) is 4. The number of hydrogen-bond donors (Lipinski definition) is 1. The van der Waals surface area contributed by atoms with E-state index in [2.05, 4.69) is 5.32 Å². The Morgan fingerprint density at radius 3 is 2.79 bits per heavy atom. The maximum Gasteiger partial charge on any atom is 0.304 e. The molecule has 1 amide bonds. The summed E-state index contributed by atoms with van der Waals surface area (Å²) in [4.78, 5) is 21.2. The fraction of sp³-hybridized carbons (Fsp3) is 0.333. The average Bonchev–Trinajstić information content (AvgIpc) is 2.37. The molecule has 0 unspecified atom stereocenters. The van der Waals surface area contributed by atoms with Crippen molar-refractivity contribution in [1.29, 1.82) is 5.26 Å². The molecule has 0 spiro atoms. The Kier molecular flexibility index (Phi) is 5.41. The SMILES string of the molecule is N#CCCCCNC(=O)c1ccc([N+](=O)[O-])c(F)c1. The molecular weight excluding hydrogens is 253 g/mol. The molecule has 1 rings (SSSR count). The van der Waals surface area contributed by atoms with E-state index in [1.807, 2.05) is 6.07 Å². The van der Waals surface area contributed by atoms with Crippen LogP contribution in [0.15, 0.2) is 18.2 Å². The first kappa shape index (κ1) is 14.6. The largest absolute Gasteiger partial charge is 0.352 e. The van der Waals surface area contributed by atoms with Crippen LogP contribution in [0.2, 0.25) is 0 Å². The summed E-state index contributed by atoms with van der Waals surface area (Å²) in [6.07, 6.45) is 1.74. The molecule has 0 aliphatic carbocycles. The molecule has 19 heavy (non-hydrogen) atoms. The van der Waals surface area contributed by atoms with Gasteiger partial charge in [0.05, 0.1) is 11.0 Å². The number of nitrogens with one attached hydrogen (secondary N) is 1. The molecule has 1 aromatic carbocycles. The van der Waals surface area contributed by atoms with Crippen molar-refractivity contribution in [1.82, 2.24) is 5.32 Å². The van der Waals surface area contributed by atoms with Gasteiger partial charge >= 0.3 is 5.69 Å². The molecule has 0 aliphatic rings. The normalized spacial score (nSPS) is 9.68. The lowest BCUT2D eigenvalue weighted by Crippen LogP contribution is -2.24. The van der Waals surface area contributed by atoms with Crippen LogP contribution in [-0.2, 0) is 0 Å². The number of nitriles is 1. The number of rotatable bonds is 6. The second kappa shape index (κ2) is 7.06. The summed E-state index contributed by atoms with van der Waals surface area (Å²) in [5.74, 6) is -1.53. The van der Waals surface area contributed by atoms with Crippen molar-refractivity contribution in [3.8, 4) is 6.07 Å². The number of nitro groups is 1. The van der Waals surface area contributed by atoms with Gasteiger partial charge in [-0.1, -0.05) is 0 Å². The second-order valence-corrected chi connectivity index (χ2v) is 3.79. The summed E-state index contributed by atoms with van der Waals surface area (Å²) in [5, 5.41) is 21.3. The summed E-state index contributed by atoms with van der Waals surface area (Å²) in [5.41, 5.74) is -0.631. The Balaban J connectivity index is 2.56. The van der Waals surface area contributed by atoms with E-state index in [4.69, 9.17) is 5.26 Å². The fourth-order valence-corrected chi connectivity index (χ4v) is 1.43. The first-order valence-corrected chi connectivity index (χ1v) is 5.65. The van der Waals surface area contributed by atoms with Crippen LogP contribution in [-0.4, -0.2) is 17.4 Å². The Morgan fingerprint density at radius 2 is 2.21 bits per heavy atom. The molecule has 7 heteroatoms. The third-order valence-electron chi connectivity index (χ3n) is 2.41. The third kappa shape index (κ3) is 4.35. The number of unbranched alkanes of at least 4 members (excludes halogenated alkanes) is 2. The Hall–Kier alpha value is -2.49. The molecule has 6 nitrogen and oxygen atoms in total. The number of nitro benzene ring substituents is 1. The van der Waals surface area contributed by atoms with Crippen molar-refractivity contribution < 1.29 is 14.1 Å². The third-order valence-corrected chi connectivity index (χ3v) is 2.41. The zero-order valence-corrected chi connectivity index (χ0v) is 10.1. The van der Waals surface area contributed by atoms with Crippen LogP contribution in [0.25, 0.3) is 0 Å². The molecule has 1 N–H and O–H groups in total. The lowest BCUT2D eigenvalue weighted by Gasteiger charge is -2.04. The highest BCUT2D eigenvalue weighted by atomic mass is 19.1. The minimum Gasteiger partial charge on any atom is -0.352 e. The molecule has 0 aliphatic heterocycles. The molecule has 0 bridgehead atoms. The van der Waals surface area contributed by atoms with E-state index in [1.165, 1.54) is 6.07 Å². The summed E-state index contributed by atoms with van der Waals surface area (Å²) in [6, 6.07) is 4.98. The molecule has 1 aromatic rings. The lowest BCUT2D eigenvalue weighted by atomic mass is 10.2. The van der Waals surface area contributed by atoms with E-state index in [0.29, 0.717) is 25.8 Å². The lowest BCUT2D eigenvalue weighted by molar-refractivity contribution is -0.387. The van der Waals surface area contributed by atoms with Crippen LogP contribution in [0, 0.1) is 27.3 Å². The van der Waals surface area contributed by atoms with Gasteiger partial charge in [-0.3, -0.25) is 14.9 Å². The predicted molar refractivity (Wildman–Crippen MR) is 64.9 cm³/mol. The highest BCUT2D eigenvalue weighted by molar-refractivity contribution is 5.94. The van der Waals surface area contributed by atoms with E-state index < -0.39 is 22.3 Å². The molecule has 0 aromatic heterocycles. The topological polar surface area (TPSA) is 96.0 Å². The van der Waals surface area contributed by atoms with Gasteiger partial charge in [0.15, 0.2) is 0 Å². The summed E-state index contributed by atoms with van der Waals surface area (Å²) in [6.45, 7) is 0.374. The number of carbonyl (C=O) groups excluding carboxylic acids is 1. The van der Waals surface area contributed by atoms with Gasteiger partial charge in [0.2, 0.25) is 5.82 Å². The van der Waals surface area contributed by atoms with Crippen LogP contribution in [0.3, 0.4) is 0 Å². The number of amides is 1. The quantitative estimate of drug-likeness (QED) is 0.484. The number of nitrogens with zero attached hydrogens (tertiary/aromatic N) is 2. The minimum absolute atomic E-state index is 0.0309. The highest BCUT2D eigenvalue weighted by Gasteiger charge is 2.16. The van der Waals surface area contributed by atoms with E-state index >= 15 is 0 Å². The first-order chi connectivity index (χ1) is 9.06. The van der Waals surface area contributed by atoms with E-state index in [-0.39, 0.29) is 5.56 Å². The smallest absolute Gasteiger partial charge is 0.304 e. The zero-order chi connectivity index (χ0) is 14.3. The summed E-state index contributed by atoms with van der Waals surface area (Å²) in [7, 11) is 0. The minimum atomic E-state index is -1.04.